The molecule has 0 saturated carbocycles. The monoisotopic (exact) mass is 502 g/mol. The van der Waals surface area contributed by atoms with E-state index in [-0.39, 0.29) is 35.5 Å². The van der Waals surface area contributed by atoms with Gasteiger partial charge in [0.25, 0.3) is 0 Å². The second-order valence-electron chi connectivity index (χ2n) is 9.28. The summed E-state index contributed by atoms with van der Waals surface area (Å²) in [4.78, 5) is 28.9. The largest absolute Gasteiger partial charge is 0.463 e. The average molecular weight is 503 g/mol. The van der Waals surface area contributed by atoms with Gasteiger partial charge in [0.05, 0.1) is 18.1 Å². The first kappa shape index (κ1) is 26.2. The summed E-state index contributed by atoms with van der Waals surface area (Å²) < 4.78 is 16.1. The van der Waals surface area contributed by atoms with E-state index in [1.807, 2.05) is 26.8 Å². The van der Waals surface area contributed by atoms with E-state index in [4.69, 9.17) is 31.5 Å². The second kappa shape index (κ2) is 10.5. The zero-order chi connectivity index (χ0) is 25.9. The number of amides is 1. The van der Waals surface area contributed by atoms with Crippen LogP contribution in [0, 0.1) is 11.3 Å². The number of rotatable bonds is 4. The lowest BCUT2D eigenvalue weighted by Crippen LogP contribution is -2.50. The molecule has 3 rings (SSSR count). The average Bonchev–Trinajstić information content (AvgIpc) is 2.77. The molecule has 0 spiro atoms. The number of halogens is 1. The second-order valence-corrected chi connectivity index (χ2v) is 9.68. The lowest BCUT2D eigenvalue weighted by atomic mass is 9.83. The van der Waals surface area contributed by atoms with Crippen molar-refractivity contribution in [3.63, 3.8) is 0 Å². The van der Waals surface area contributed by atoms with Crippen molar-refractivity contribution in [2.24, 2.45) is 5.73 Å². The maximum absolute atomic E-state index is 12.7. The fraction of sp³-hybridized carbons (Fsp3) is 0.480. The molecule has 1 aromatic carbocycles. The normalized spacial score (nSPS) is 18.7. The molecule has 2 aliphatic rings. The third-order valence-corrected chi connectivity index (χ3v) is 6.02. The first-order valence-corrected chi connectivity index (χ1v) is 11.8. The molecule has 0 aliphatic carbocycles. The Bertz CT molecular complexity index is 1110. The molecule has 2 heterocycles. The predicted molar refractivity (Wildman–Crippen MR) is 131 cm³/mol. The molecule has 1 aromatic rings. The molecule has 188 valence electrons. The molecule has 1 saturated heterocycles. The number of anilines is 1. The van der Waals surface area contributed by atoms with Crippen molar-refractivity contribution in [2.75, 3.05) is 37.7 Å². The summed E-state index contributed by atoms with van der Waals surface area (Å²) >= 11 is 6.70. The van der Waals surface area contributed by atoms with E-state index in [2.05, 4.69) is 11.0 Å². The van der Waals surface area contributed by atoms with Gasteiger partial charge in [-0.1, -0.05) is 17.7 Å². The third kappa shape index (κ3) is 5.82. The highest BCUT2D eigenvalue weighted by Gasteiger charge is 2.37. The molecule has 35 heavy (non-hydrogen) atoms. The van der Waals surface area contributed by atoms with Gasteiger partial charge >= 0.3 is 12.1 Å². The minimum absolute atomic E-state index is 0.0681. The van der Waals surface area contributed by atoms with Crippen LogP contribution in [0.25, 0.3) is 0 Å². The highest BCUT2D eigenvalue weighted by molar-refractivity contribution is 6.31. The first-order valence-electron chi connectivity index (χ1n) is 11.4. The number of ether oxygens (including phenoxy) is 3. The quantitative estimate of drug-likeness (QED) is 0.613. The van der Waals surface area contributed by atoms with Gasteiger partial charge < -0.3 is 29.7 Å². The maximum atomic E-state index is 12.7. The van der Waals surface area contributed by atoms with E-state index in [0.717, 1.165) is 5.69 Å². The van der Waals surface area contributed by atoms with Gasteiger partial charge in [-0.3, -0.25) is 0 Å². The Hall–Kier alpha value is -3.38. The van der Waals surface area contributed by atoms with Gasteiger partial charge in [-0.05, 0) is 52.3 Å². The summed E-state index contributed by atoms with van der Waals surface area (Å²) in [5.74, 6) is -1.20. The Morgan fingerprint density at radius 3 is 2.46 bits per heavy atom. The highest BCUT2D eigenvalue weighted by Crippen LogP contribution is 2.43. The Morgan fingerprint density at radius 2 is 1.91 bits per heavy atom. The van der Waals surface area contributed by atoms with E-state index in [0.29, 0.717) is 36.8 Å². The number of hydrogen-bond donors (Lipinski definition) is 1. The van der Waals surface area contributed by atoms with Gasteiger partial charge in [0.15, 0.2) is 0 Å². The van der Waals surface area contributed by atoms with E-state index in [1.54, 1.807) is 30.9 Å². The van der Waals surface area contributed by atoms with Crippen LogP contribution in [0.2, 0.25) is 5.02 Å². The summed E-state index contributed by atoms with van der Waals surface area (Å²) in [5, 5.41) is 10.1. The third-order valence-electron chi connectivity index (χ3n) is 5.69. The van der Waals surface area contributed by atoms with Gasteiger partial charge in [-0.2, -0.15) is 5.26 Å². The van der Waals surface area contributed by atoms with Crippen molar-refractivity contribution >= 4 is 29.4 Å². The topological polar surface area (TPSA) is 118 Å². The highest BCUT2D eigenvalue weighted by atomic mass is 35.5. The van der Waals surface area contributed by atoms with Gasteiger partial charge in [0.2, 0.25) is 5.88 Å². The van der Waals surface area contributed by atoms with Crippen LogP contribution in [0.1, 0.15) is 46.1 Å². The Labute approximate surface area is 210 Å². The number of carbonyl (C=O) groups is 2. The summed E-state index contributed by atoms with van der Waals surface area (Å²) in [7, 11) is 0. The number of benzene rings is 1. The molecular formula is C25H31ClN4O5. The van der Waals surface area contributed by atoms with Crippen LogP contribution in [-0.4, -0.2) is 55.3 Å². The summed E-state index contributed by atoms with van der Waals surface area (Å²) in [6.45, 7) is 11.2. The fourth-order valence-corrected chi connectivity index (χ4v) is 4.37. The Balaban J connectivity index is 1.84. The molecule has 10 heteroatoms. The van der Waals surface area contributed by atoms with Crippen molar-refractivity contribution < 1.29 is 23.8 Å². The molecule has 0 radical (unpaired) electrons. The number of piperazine rings is 1. The lowest BCUT2D eigenvalue weighted by molar-refractivity contribution is -0.139. The van der Waals surface area contributed by atoms with Crippen LogP contribution >= 0.6 is 11.6 Å². The number of hydrogen-bond acceptors (Lipinski definition) is 8. The van der Waals surface area contributed by atoms with Gasteiger partial charge in [-0.25, -0.2) is 9.59 Å². The van der Waals surface area contributed by atoms with Crippen molar-refractivity contribution in [3.05, 3.63) is 51.6 Å². The molecule has 1 fully saturated rings. The molecular weight excluding hydrogens is 472 g/mol. The van der Waals surface area contributed by atoms with Crippen LogP contribution in [0.5, 0.6) is 0 Å². The van der Waals surface area contributed by atoms with Crippen molar-refractivity contribution in [2.45, 2.75) is 46.1 Å². The number of nitriles is 1. The van der Waals surface area contributed by atoms with E-state index in [1.165, 1.54) is 0 Å². The zero-order valence-corrected chi connectivity index (χ0v) is 21.4. The van der Waals surface area contributed by atoms with Gasteiger partial charge in [-0.15, -0.1) is 0 Å². The molecule has 2 aliphatic heterocycles. The van der Waals surface area contributed by atoms with Gasteiger partial charge in [0, 0.05) is 36.9 Å². The van der Waals surface area contributed by atoms with Crippen LogP contribution in [0.3, 0.4) is 0 Å². The van der Waals surface area contributed by atoms with Crippen molar-refractivity contribution in [1.29, 1.82) is 5.26 Å². The smallest absolute Gasteiger partial charge is 0.410 e. The number of esters is 1. The predicted octanol–water partition coefficient (Wildman–Crippen LogP) is 4.04. The zero-order valence-electron chi connectivity index (χ0n) is 20.7. The maximum Gasteiger partial charge on any atom is 0.410 e. The van der Waals surface area contributed by atoms with Crippen molar-refractivity contribution in [3.8, 4) is 6.07 Å². The minimum atomic E-state index is -0.807. The Kier molecular flexibility index (Phi) is 7.86. The molecule has 1 atom stereocenters. The number of nitrogens with two attached hydrogens (primary N) is 1. The first-order chi connectivity index (χ1) is 16.5. The summed E-state index contributed by atoms with van der Waals surface area (Å²) in [6.07, 6.45) is -0.327. The number of allylic oxidation sites excluding steroid dienone is 2. The standard InChI is InChI=1S/C25H31ClN4O5/c1-6-33-23(31)20-15(2)34-22(28)18(14-27)21(20)17-8-7-16(13-19(17)26)29-9-11-30(12-10-29)24(32)35-25(3,4)5/h7-8,13,21H,6,9-12,28H2,1-5H3. The SMILES string of the molecule is CCOC(=O)C1=C(C)OC(N)=C(C#N)C1c1ccc(N2CCN(C(=O)OC(C)(C)C)CC2)cc1Cl. The molecule has 0 bridgehead atoms. The van der Waals surface area contributed by atoms with E-state index in [9.17, 15) is 14.9 Å². The minimum Gasteiger partial charge on any atom is -0.463 e. The lowest BCUT2D eigenvalue weighted by Gasteiger charge is -2.37. The molecule has 1 amide bonds. The van der Waals surface area contributed by atoms with Crippen LogP contribution in [0.15, 0.2) is 41.0 Å². The summed E-state index contributed by atoms with van der Waals surface area (Å²) in [6, 6.07) is 7.51. The van der Waals surface area contributed by atoms with Crippen LogP contribution < -0.4 is 10.6 Å². The van der Waals surface area contributed by atoms with Crippen LogP contribution in [0.4, 0.5) is 10.5 Å². The summed E-state index contributed by atoms with van der Waals surface area (Å²) in [5.41, 5.74) is 7.13. The number of carbonyl (C=O) groups excluding carboxylic acids is 2. The van der Waals surface area contributed by atoms with Crippen molar-refractivity contribution in [1.82, 2.24) is 4.90 Å². The molecule has 0 aromatic heterocycles. The molecule has 2 N–H and O–H groups in total. The Morgan fingerprint density at radius 1 is 1.26 bits per heavy atom. The van der Waals surface area contributed by atoms with Crippen LogP contribution in [-0.2, 0) is 19.0 Å². The molecule has 9 nitrogen and oxygen atoms in total. The van der Waals surface area contributed by atoms with Gasteiger partial charge in [0.1, 0.15) is 23.0 Å². The number of nitrogens with zero attached hydrogens (tertiary/aromatic N) is 3. The van der Waals surface area contributed by atoms with E-state index >= 15 is 0 Å². The van der Waals surface area contributed by atoms with E-state index < -0.39 is 17.5 Å². The fourth-order valence-electron chi connectivity index (χ4n) is 4.09. The molecule has 1 unspecified atom stereocenters.